The Kier molecular flexibility index (Phi) is 10.1. The molecule has 0 aliphatic carbocycles. The van der Waals surface area contributed by atoms with Crippen molar-refractivity contribution in [3.05, 3.63) is 56.9 Å². The van der Waals surface area contributed by atoms with E-state index in [0.29, 0.717) is 8.86 Å². The highest BCUT2D eigenvalue weighted by atomic mass is 127. The molecule has 2 aromatic heterocycles. The molecule has 4 fully saturated rings. The van der Waals surface area contributed by atoms with E-state index < -0.39 is 59.2 Å². The second-order valence-corrected chi connectivity index (χ2v) is 13.2. The van der Waals surface area contributed by atoms with Crippen LogP contribution in [0.4, 0.5) is 0 Å². The number of carbonyl (C=O) groups is 2. The lowest BCUT2D eigenvalue weighted by molar-refractivity contribution is -0.194. The summed E-state index contributed by atoms with van der Waals surface area (Å²) in [6.07, 6.45) is 2.47. The molecule has 2 N–H and O–H groups in total. The fraction of sp³-hybridized carbons (Fsp3) is 0.630. The number of amides is 1. The number of methoxy groups -OCH3 is 1. The van der Waals surface area contributed by atoms with Crippen LogP contribution in [0.15, 0.2) is 34.4 Å². The quantitative estimate of drug-likeness (QED) is 0.247. The minimum Gasteiger partial charge on any atom is -0.464 e. The van der Waals surface area contributed by atoms with Gasteiger partial charge in [-0.25, -0.2) is 14.8 Å². The molecule has 45 heavy (non-hydrogen) atoms. The van der Waals surface area contributed by atoms with Crippen LogP contribution >= 0.6 is 45.2 Å². The summed E-state index contributed by atoms with van der Waals surface area (Å²) in [5, 5.41) is 0. The highest BCUT2D eigenvalue weighted by Crippen LogP contribution is 2.44. The Morgan fingerprint density at radius 1 is 0.800 bits per heavy atom. The molecule has 0 bridgehead atoms. The molecule has 0 saturated carbocycles. The zero-order chi connectivity index (χ0) is 32.8. The van der Waals surface area contributed by atoms with Gasteiger partial charge in [0.1, 0.15) is 24.4 Å². The van der Waals surface area contributed by atoms with E-state index in [-0.39, 0.29) is 35.8 Å². The third-order valence-electron chi connectivity index (χ3n) is 7.45. The number of nitrogens with zero attached hydrogens (tertiary/aromatic N) is 4. The normalized spacial score (nSPS) is 32.3. The number of ether oxygens (including phenoxy) is 7. The third-order valence-corrected chi connectivity index (χ3v) is 9.19. The highest BCUT2D eigenvalue weighted by molar-refractivity contribution is 14.1. The van der Waals surface area contributed by atoms with Crippen molar-refractivity contribution in [3.8, 4) is 0 Å². The van der Waals surface area contributed by atoms with Crippen molar-refractivity contribution in [3.63, 3.8) is 0 Å². The van der Waals surface area contributed by atoms with Gasteiger partial charge in [0.25, 0.3) is 17.0 Å². The largest absolute Gasteiger partial charge is 0.464 e. The van der Waals surface area contributed by atoms with E-state index in [1.807, 2.05) is 27.7 Å². The standard InChI is InChI=1S/C14H17IN2O6.C13H16IN3O5/c1-14(2)22-9-7(6-15)21-12(10(9)23-14)17-5-4-16-8(11(17)18)13(19)20-3;1-13(2)21-8-6(5-14)20-12(9(8)22-13)17-4-3-16-7(10(15)18)11(17)19/h4-5,7,9-10,12H,6H2,1-3H3;3-4,6,8-9,12H,5H2,1-2H3,(H2,15,18)/t7-,9-,10-,12-;6-,8-,9-,12-/m11/s1. The summed E-state index contributed by atoms with van der Waals surface area (Å²) in [5.41, 5.74) is 3.39. The van der Waals surface area contributed by atoms with Crippen LogP contribution < -0.4 is 16.9 Å². The summed E-state index contributed by atoms with van der Waals surface area (Å²) in [4.78, 5) is 55.4. The smallest absolute Gasteiger partial charge is 0.362 e. The molecule has 1 amide bonds. The first-order valence-corrected chi connectivity index (χ1v) is 16.9. The van der Waals surface area contributed by atoms with Crippen molar-refractivity contribution in [1.82, 2.24) is 19.1 Å². The van der Waals surface area contributed by atoms with Crippen LogP contribution in [0, 0.1) is 0 Å². The van der Waals surface area contributed by atoms with Crippen LogP contribution in [0.2, 0.25) is 0 Å². The summed E-state index contributed by atoms with van der Waals surface area (Å²) in [7, 11) is 1.20. The highest BCUT2D eigenvalue weighted by Gasteiger charge is 2.57. The monoisotopic (exact) mass is 857 g/mol. The second-order valence-electron chi connectivity index (χ2n) is 11.4. The Bertz CT molecular complexity index is 1570. The molecule has 16 nitrogen and oxygen atoms in total. The minimum atomic E-state index is -0.872. The fourth-order valence-electron chi connectivity index (χ4n) is 5.67. The molecule has 4 aliphatic heterocycles. The number of halogens is 2. The van der Waals surface area contributed by atoms with Crippen molar-refractivity contribution in [2.45, 2.75) is 88.3 Å². The average molecular weight is 857 g/mol. The summed E-state index contributed by atoms with van der Waals surface area (Å²) >= 11 is 4.40. The number of alkyl halides is 2. The van der Waals surface area contributed by atoms with Crippen LogP contribution in [0.5, 0.6) is 0 Å². The summed E-state index contributed by atoms with van der Waals surface area (Å²) in [6, 6.07) is 0. The average Bonchev–Trinajstić information content (AvgIpc) is 3.68. The zero-order valence-corrected chi connectivity index (χ0v) is 29.3. The van der Waals surface area contributed by atoms with Crippen LogP contribution in [0.1, 0.15) is 61.1 Å². The summed E-state index contributed by atoms with van der Waals surface area (Å²) in [6.45, 7) is 7.28. The number of hydrogen-bond donors (Lipinski definition) is 1. The Labute approximate surface area is 284 Å². The van der Waals surface area contributed by atoms with Gasteiger partial charge in [-0.15, -0.1) is 0 Å². The lowest BCUT2D eigenvalue weighted by Crippen LogP contribution is -2.37. The van der Waals surface area contributed by atoms with Gasteiger partial charge in [-0.3, -0.25) is 23.5 Å². The first-order valence-electron chi connectivity index (χ1n) is 13.9. The van der Waals surface area contributed by atoms with E-state index >= 15 is 0 Å². The molecule has 8 atom stereocenters. The van der Waals surface area contributed by atoms with Crippen molar-refractivity contribution in [1.29, 1.82) is 0 Å². The maximum atomic E-state index is 12.5. The zero-order valence-electron chi connectivity index (χ0n) is 25.0. The van der Waals surface area contributed by atoms with E-state index in [0.717, 1.165) is 0 Å². The van der Waals surface area contributed by atoms with E-state index in [4.69, 9.17) is 34.2 Å². The van der Waals surface area contributed by atoms with E-state index in [2.05, 4.69) is 59.9 Å². The Morgan fingerprint density at radius 2 is 1.20 bits per heavy atom. The minimum absolute atomic E-state index is 0.200. The molecule has 6 heterocycles. The van der Waals surface area contributed by atoms with E-state index in [9.17, 15) is 19.2 Å². The number of primary amides is 1. The number of rotatable bonds is 6. The van der Waals surface area contributed by atoms with Crippen molar-refractivity contribution >= 4 is 57.1 Å². The van der Waals surface area contributed by atoms with Gasteiger partial charge in [0, 0.05) is 33.6 Å². The molecule has 2 aromatic rings. The fourth-order valence-corrected chi connectivity index (χ4v) is 7.09. The van der Waals surface area contributed by atoms with Gasteiger partial charge in [0.15, 0.2) is 29.7 Å². The topological polar surface area (TPSA) is 195 Å². The van der Waals surface area contributed by atoms with E-state index in [1.165, 1.54) is 41.0 Å². The lowest BCUT2D eigenvalue weighted by atomic mass is 10.1. The second kappa shape index (κ2) is 13.2. The maximum absolute atomic E-state index is 12.5. The predicted molar refractivity (Wildman–Crippen MR) is 170 cm³/mol. The van der Waals surface area contributed by atoms with Gasteiger partial charge in [0.2, 0.25) is 5.69 Å². The van der Waals surface area contributed by atoms with Gasteiger partial charge in [-0.05, 0) is 27.7 Å². The first kappa shape index (κ1) is 34.3. The van der Waals surface area contributed by atoms with Gasteiger partial charge in [-0.2, -0.15) is 0 Å². The molecule has 4 saturated heterocycles. The Hall–Kier alpha value is -2.08. The number of aromatic nitrogens is 4. The van der Waals surface area contributed by atoms with E-state index in [1.54, 1.807) is 0 Å². The van der Waals surface area contributed by atoms with Crippen LogP contribution in [0.3, 0.4) is 0 Å². The van der Waals surface area contributed by atoms with Crippen LogP contribution in [0.25, 0.3) is 0 Å². The third kappa shape index (κ3) is 6.69. The number of esters is 1. The van der Waals surface area contributed by atoms with Gasteiger partial charge < -0.3 is 38.9 Å². The molecule has 0 aromatic carbocycles. The van der Waals surface area contributed by atoms with Crippen molar-refractivity contribution < 1.29 is 42.7 Å². The lowest BCUT2D eigenvalue weighted by Gasteiger charge is -2.24. The molecule has 6 rings (SSSR count). The number of hydrogen-bond acceptors (Lipinski definition) is 13. The van der Waals surface area contributed by atoms with Crippen molar-refractivity contribution in [2.75, 3.05) is 16.0 Å². The van der Waals surface area contributed by atoms with Gasteiger partial charge in [-0.1, -0.05) is 45.2 Å². The van der Waals surface area contributed by atoms with Crippen LogP contribution in [-0.4, -0.2) is 95.1 Å². The molecule has 246 valence electrons. The maximum Gasteiger partial charge on any atom is 0.362 e. The first-order chi connectivity index (χ1) is 21.2. The molecule has 0 unspecified atom stereocenters. The molecule has 0 radical (unpaired) electrons. The predicted octanol–water partition coefficient (Wildman–Crippen LogP) is 1.08. The molecular formula is C27H33I2N5O11. The van der Waals surface area contributed by atoms with Gasteiger partial charge in [0.05, 0.1) is 19.3 Å². The van der Waals surface area contributed by atoms with Crippen molar-refractivity contribution in [2.24, 2.45) is 5.73 Å². The number of carbonyl (C=O) groups excluding carboxylic acids is 2. The molecule has 0 spiro atoms. The van der Waals surface area contributed by atoms with Crippen LogP contribution in [-0.2, 0) is 33.2 Å². The molecule has 18 heteroatoms. The summed E-state index contributed by atoms with van der Waals surface area (Å²) in [5.74, 6) is -3.15. The number of fused-ring (bicyclic) bond motifs is 2. The van der Waals surface area contributed by atoms with Gasteiger partial charge >= 0.3 is 5.97 Å². The summed E-state index contributed by atoms with van der Waals surface area (Å²) < 4.78 is 44.0. The Morgan fingerprint density at radius 3 is 1.60 bits per heavy atom. The Balaban J connectivity index is 0.000000178. The molecule has 4 aliphatic rings. The molecular weight excluding hydrogens is 824 g/mol. The number of nitrogens with two attached hydrogens (primary N) is 1. The SMILES string of the molecule is CC1(C)O[C@@H]2[C@H](O1)[C@@H](CI)O[C@H]2n1ccnc(C(N)=O)c1=O.COC(=O)c1nccn([C@@H]2O[C@H](CI)[C@H]3OC(C)(C)O[C@H]32)c1=O.